The average Bonchev–Trinajstić information content (AvgIpc) is 2.55. The normalized spacial score (nSPS) is 12.5. The molecule has 0 saturated heterocycles. The van der Waals surface area contributed by atoms with E-state index in [1.165, 1.54) is 18.2 Å². The molecule has 2 aromatic rings. The Kier molecular flexibility index (Phi) is 6.55. The Morgan fingerprint density at radius 3 is 2.27 bits per heavy atom. The lowest BCUT2D eigenvalue weighted by molar-refractivity contribution is -0.120. The summed E-state index contributed by atoms with van der Waals surface area (Å²) in [7, 11) is -3.68. The van der Waals surface area contributed by atoms with Crippen LogP contribution in [0.15, 0.2) is 42.5 Å². The Balaban J connectivity index is 2.16. The largest absolute Gasteiger partial charge is 0.348 e. The lowest BCUT2D eigenvalue weighted by atomic mass is 10.1. The summed E-state index contributed by atoms with van der Waals surface area (Å²) >= 11 is 11.8. The molecule has 0 saturated carbocycles. The van der Waals surface area contributed by atoms with Crippen LogP contribution in [0.5, 0.6) is 0 Å². The fourth-order valence-electron chi connectivity index (χ4n) is 2.40. The van der Waals surface area contributed by atoms with Crippen molar-refractivity contribution < 1.29 is 13.2 Å². The second-order valence-corrected chi connectivity index (χ2v) is 8.79. The van der Waals surface area contributed by atoms with Crippen molar-refractivity contribution in [1.29, 1.82) is 0 Å². The molecular weight excluding hydrogens is 395 g/mol. The van der Waals surface area contributed by atoms with Crippen LogP contribution in [0, 0.1) is 6.92 Å². The van der Waals surface area contributed by atoms with Crippen LogP contribution in [0.4, 0.5) is 5.69 Å². The number of aryl methyl sites for hydroxylation is 1. The standard InChI is InChI=1S/C18H20Cl2N2O3S/c1-12-4-6-14(7-5-12)13(2)21-18(23)11-22(26(3,24)25)15-8-9-16(19)17(20)10-15/h4-10,13H,11H2,1-3H3,(H,21,23)/t13-/m0/s1. The molecule has 8 heteroatoms. The molecule has 0 fully saturated rings. The number of nitrogens with zero attached hydrogens (tertiary/aromatic N) is 1. The molecule has 5 nitrogen and oxygen atoms in total. The first-order chi connectivity index (χ1) is 12.1. The number of sulfonamides is 1. The van der Waals surface area contributed by atoms with Crippen molar-refractivity contribution in [3.63, 3.8) is 0 Å². The van der Waals surface area contributed by atoms with E-state index in [1.54, 1.807) is 0 Å². The summed E-state index contributed by atoms with van der Waals surface area (Å²) in [5, 5.41) is 3.33. The first kappa shape index (κ1) is 20.6. The van der Waals surface area contributed by atoms with E-state index in [0.717, 1.165) is 21.7 Å². The van der Waals surface area contributed by atoms with Crippen LogP contribution in [0.1, 0.15) is 24.1 Å². The first-order valence-corrected chi connectivity index (χ1v) is 10.5. The van der Waals surface area contributed by atoms with E-state index < -0.39 is 15.9 Å². The van der Waals surface area contributed by atoms with Crippen molar-refractivity contribution in [2.75, 3.05) is 17.1 Å². The van der Waals surface area contributed by atoms with Crippen molar-refractivity contribution in [2.45, 2.75) is 19.9 Å². The van der Waals surface area contributed by atoms with E-state index in [-0.39, 0.29) is 23.3 Å². The number of benzene rings is 2. The fraction of sp³-hybridized carbons (Fsp3) is 0.278. The van der Waals surface area contributed by atoms with Gasteiger partial charge in [0.25, 0.3) is 0 Å². The molecule has 0 unspecified atom stereocenters. The summed E-state index contributed by atoms with van der Waals surface area (Å²) in [5.74, 6) is -0.422. The summed E-state index contributed by atoms with van der Waals surface area (Å²) in [4.78, 5) is 12.4. The molecule has 0 aliphatic carbocycles. The van der Waals surface area contributed by atoms with Gasteiger partial charge in [-0.2, -0.15) is 0 Å². The van der Waals surface area contributed by atoms with Gasteiger partial charge in [-0.25, -0.2) is 8.42 Å². The van der Waals surface area contributed by atoms with E-state index in [4.69, 9.17) is 23.2 Å². The molecule has 140 valence electrons. The molecule has 0 heterocycles. The van der Waals surface area contributed by atoms with Gasteiger partial charge in [0.2, 0.25) is 15.9 Å². The van der Waals surface area contributed by atoms with E-state index in [9.17, 15) is 13.2 Å². The second kappa shape index (κ2) is 8.29. The number of hydrogen-bond acceptors (Lipinski definition) is 3. The van der Waals surface area contributed by atoms with Crippen LogP contribution in [0.25, 0.3) is 0 Å². The minimum absolute atomic E-state index is 0.214. The van der Waals surface area contributed by atoms with Crippen LogP contribution in [-0.2, 0) is 14.8 Å². The average molecular weight is 415 g/mol. The monoisotopic (exact) mass is 414 g/mol. The highest BCUT2D eigenvalue weighted by Crippen LogP contribution is 2.28. The highest BCUT2D eigenvalue weighted by molar-refractivity contribution is 7.92. The number of carbonyl (C=O) groups is 1. The third-order valence-corrected chi connectivity index (χ3v) is 5.71. The van der Waals surface area contributed by atoms with Gasteiger partial charge in [0, 0.05) is 0 Å². The van der Waals surface area contributed by atoms with Gasteiger partial charge < -0.3 is 5.32 Å². The van der Waals surface area contributed by atoms with Crippen LogP contribution in [0.2, 0.25) is 10.0 Å². The molecule has 1 amide bonds. The predicted octanol–water partition coefficient (Wildman–Crippen LogP) is 3.95. The summed E-state index contributed by atoms with van der Waals surface area (Å²) < 4.78 is 25.2. The molecule has 0 radical (unpaired) electrons. The number of halogens is 2. The Bertz CT molecular complexity index is 899. The van der Waals surface area contributed by atoms with Crippen molar-refractivity contribution in [3.05, 3.63) is 63.6 Å². The fourth-order valence-corrected chi connectivity index (χ4v) is 3.54. The van der Waals surface area contributed by atoms with Crippen LogP contribution in [-0.4, -0.2) is 27.1 Å². The molecule has 0 spiro atoms. The number of amides is 1. The molecule has 26 heavy (non-hydrogen) atoms. The molecule has 0 aliphatic rings. The lowest BCUT2D eigenvalue weighted by Gasteiger charge is -2.23. The number of rotatable bonds is 6. The Morgan fingerprint density at radius 2 is 1.73 bits per heavy atom. The van der Waals surface area contributed by atoms with Gasteiger partial charge in [0.05, 0.1) is 28.0 Å². The molecule has 0 aromatic heterocycles. The zero-order chi connectivity index (χ0) is 19.5. The molecule has 1 atom stereocenters. The van der Waals surface area contributed by atoms with Crippen molar-refractivity contribution in [3.8, 4) is 0 Å². The summed E-state index contributed by atoms with van der Waals surface area (Å²) in [5.41, 5.74) is 2.33. The summed E-state index contributed by atoms with van der Waals surface area (Å²) in [6, 6.07) is 11.9. The Hall–Kier alpha value is -1.76. The third-order valence-electron chi connectivity index (χ3n) is 3.83. The van der Waals surface area contributed by atoms with Crippen molar-refractivity contribution in [1.82, 2.24) is 5.32 Å². The molecule has 2 aromatic carbocycles. The SMILES string of the molecule is Cc1ccc([C@H](C)NC(=O)CN(c2ccc(Cl)c(Cl)c2)S(C)(=O)=O)cc1. The van der Waals surface area contributed by atoms with Crippen LogP contribution >= 0.6 is 23.2 Å². The number of carbonyl (C=O) groups excluding carboxylic acids is 1. The van der Waals surface area contributed by atoms with E-state index in [1.807, 2.05) is 38.1 Å². The Labute approximate surface area is 164 Å². The number of anilines is 1. The van der Waals surface area contributed by atoms with Gasteiger partial charge in [-0.15, -0.1) is 0 Å². The minimum atomic E-state index is -3.68. The topological polar surface area (TPSA) is 66.5 Å². The van der Waals surface area contributed by atoms with E-state index in [0.29, 0.717) is 5.02 Å². The van der Waals surface area contributed by atoms with Crippen LogP contribution < -0.4 is 9.62 Å². The molecule has 0 bridgehead atoms. The van der Waals surface area contributed by atoms with Gasteiger partial charge in [0.1, 0.15) is 6.54 Å². The highest BCUT2D eigenvalue weighted by Gasteiger charge is 2.22. The maximum absolute atomic E-state index is 12.4. The quantitative estimate of drug-likeness (QED) is 0.777. The molecule has 2 rings (SSSR count). The van der Waals surface area contributed by atoms with Gasteiger partial charge in [-0.1, -0.05) is 53.0 Å². The summed E-state index contributed by atoms with van der Waals surface area (Å²) in [6.07, 6.45) is 1.03. The third kappa shape index (κ3) is 5.37. The minimum Gasteiger partial charge on any atom is -0.348 e. The van der Waals surface area contributed by atoms with E-state index >= 15 is 0 Å². The Morgan fingerprint density at radius 1 is 1.12 bits per heavy atom. The van der Waals surface area contributed by atoms with Gasteiger partial charge >= 0.3 is 0 Å². The smallest absolute Gasteiger partial charge is 0.241 e. The highest BCUT2D eigenvalue weighted by atomic mass is 35.5. The lowest BCUT2D eigenvalue weighted by Crippen LogP contribution is -2.41. The molecule has 1 N–H and O–H groups in total. The zero-order valence-electron chi connectivity index (χ0n) is 14.7. The van der Waals surface area contributed by atoms with E-state index in [2.05, 4.69) is 5.32 Å². The van der Waals surface area contributed by atoms with Crippen molar-refractivity contribution >= 4 is 44.8 Å². The second-order valence-electron chi connectivity index (χ2n) is 6.07. The number of hydrogen-bond donors (Lipinski definition) is 1. The van der Waals surface area contributed by atoms with Gasteiger partial charge in [0.15, 0.2) is 0 Å². The van der Waals surface area contributed by atoms with Crippen molar-refractivity contribution in [2.24, 2.45) is 0 Å². The zero-order valence-corrected chi connectivity index (χ0v) is 17.0. The maximum atomic E-state index is 12.4. The summed E-state index contributed by atoms with van der Waals surface area (Å²) in [6.45, 7) is 3.47. The molecular formula is C18H20Cl2N2O3S. The van der Waals surface area contributed by atoms with Gasteiger partial charge in [-0.05, 0) is 37.6 Å². The predicted molar refractivity (Wildman–Crippen MR) is 106 cm³/mol. The van der Waals surface area contributed by atoms with Crippen LogP contribution in [0.3, 0.4) is 0 Å². The maximum Gasteiger partial charge on any atom is 0.241 e. The first-order valence-electron chi connectivity index (χ1n) is 7.86. The number of nitrogens with one attached hydrogen (secondary N) is 1. The molecule has 0 aliphatic heterocycles. The van der Waals surface area contributed by atoms with Gasteiger partial charge in [-0.3, -0.25) is 9.10 Å².